The zero-order valence-corrected chi connectivity index (χ0v) is 15.0. The van der Waals surface area contributed by atoms with Gasteiger partial charge in [-0.1, -0.05) is 12.8 Å². The van der Waals surface area contributed by atoms with Crippen LogP contribution >= 0.6 is 0 Å². The van der Waals surface area contributed by atoms with Gasteiger partial charge in [0.15, 0.2) is 0 Å². The Balaban J connectivity index is 1.43. The van der Waals surface area contributed by atoms with Crippen LogP contribution in [0.3, 0.4) is 0 Å². The highest BCUT2D eigenvalue weighted by atomic mass is 16.5. The summed E-state index contributed by atoms with van der Waals surface area (Å²) in [5.74, 6) is 2.58. The Labute approximate surface area is 150 Å². The third-order valence-electron chi connectivity index (χ3n) is 5.75. The number of aromatic nitrogens is 2. The standard InChI is InChI=1S/C19H30N4O2/c1-2-4-16(3-1)21-18-5-8-20-19(22-18)17-14-25-12-9-23(17)13-15-6-10-24-11-7-15/h5,8,15-17H,1-4,6-7,9-14H2,(H,20,21,22)/t17-/m1/s1. The maximum Gasteiger partial charge on any atom is 0.150 e. The Hall–Kier alpha value is -1.24. The summed E-state index contributed by atoms with van der Waals surface area (Å²) in [7, 11) is 0. The molecule has 0 amide bonds. The number of ether oxygens (including phenoxy) is 2. The molecule has 138 valence electrons. The largest absolute Gasteiger partial charge is 0.381 e. The van der Waals surface area contributed by atoms with E-state index in [0.29, 0.717) is 18.6 Å². The number of hydrogen-bond donors (Lipinski definition) is 1. The van der Waals surface area contributed by atoms with Crippen LogP contribution in [-0.4, -0.2) is 60.4 Å². The fourth-order valence-electron chi connectivity index (χ4n) is 4.25. The lowest BCUT2D eigenvalue weighted by Crippen LogP contribution is -2.43. The first-order valence-corrected chi connectivity index (χ1v) is 9.87. The molecule has 1 N–H and O–H groups in total. The summed E-state index contributed by atoms with van der Waals surface area (Å²) in [5, 5.41) is 3.59. The Morgan fingerprint density at radius 3 is 2.76 bits per heavy atom. The molecule has 1 atom stereocenters. The zero-order chi connectivity index (χ0) is 16.9. The minimum absolute atomic E-state index is 0.168. The van der Waals surface area contributed by atoms with Crippen molar-refractivity contribution in [2.45, 2.75) is 50.6 Å². The average molecular weight is 346 g/mol. The molecule has 4 rings (SSSR count). The van der Waals surface area contributed by atoms with E-state index in [-0.39, 0.29) is 6.04 Å². The molecule has 6 heteroatoms. The van der Waals surface area contributed by atoms with E-state index in [1.54, 1.807) is 0 Å². The zero-order valence-electron chi connectivity index (χ0n) is 15.0. The molecule has 0 spiro atoms. The summed E-state index contributed by atoms with van der Waals surface area (Å²) in [6.07, 6.45) is 9.36. The second kappa shape index (κ2) is 8.43. The molecule has 3 heterocycles. The minimum atomic E-state index is 0.168. The molecule has 3 aliphatic rings. The van der Waals surface area contributed by atoms with Crippen molar-refractivity contribution >= 4 is 5.82 Å². The highest BCUT2D eigenvalue weighted by Gasteiger charge is 2.29. The molecule has 25 heavy (non-hydrogen) atoms. The van der Waals surface area contributed by atoms with Crippen molar-refractivity contribution in [1.29, 1.82) is 0 Å². The third-order valence-corrected chi connectivity index (χ3v) is 5.75. The molecule has 1 aliphatic carbocycles. The van der Waals surface area contributed by atoms with Crippen molar-refractivity contribution in [3.63, 3.8) is 0 Å². The van der Waals surface area contributed by atoms with E-state index in [4.69, 9.17) is 14.5 Å². The second-order valence-electron chi connectivity index (χ2n) is 7.57. The number of nitrogens with zero attached hydrogens (tertiary/aromatic N) is 3. The summed E-state index contributed by atoms with van der Waals surface area (Å²) in [4.78, 5) is 11.9. The van der Waals surface area contributed by atoms with E-state index in [9.17, 15) is 0 Å². The topological polar surface area (TPSA) is 59.5 Å². The first-order valence-electron chi connectivity index (χ1n) is 9.87. The monoisotopic (exact) mass is 346 g/mol. The van der Waals surface area contributed by atoms with Crippen LogP contribution in [0.2, 0.25) is 0 Å². The molecule has 1 aromatic heterocycles. The van der Waals surface area contributed by atoms with Crippen LogP contribution in [0.15, 0.2) is 12.3 Å². The van der Waals surface area contributed by atoms with E-state index < -0.39 is 0 Å². The maximum absolute atomic E-state index is 5.76. The van der Waals surface area contributed by atoms with Crippen LogP contribution in [0.1, 0.15) is 50.4 Å². The lowest BCUT2D eigenvalue weighted by atomic mass is 9.98. The van der Waals surface area contributed by atoms with Gasteiger partial charge in [0, 0.05) is 38.5 Å². The Kier molecular flexibility index (Phi) is 5.79. The molecule has 0 aromatic carbocycles. The van der Waals surface area contributed by atoms with Gasteiger partial charge in [-0.25, -0.2) is 9.97 Å². The Morgan fingerprint density at radius 2 is 1.92 bits per heavy atom. The smallest absolute Gasteiger partial charge is 0.150 e. The highest BCUT2D eigenvalue weighted by Crippen LogP contribution is 2.27. The number of nitrogens with one attached hydrogen (secondary N) is 1. The van der Waals surface area contributed by atoms with Crippen molar-refractivity contribution in [1.82, 2.24) is 14.9 Å². The molecule has 0 radical (unpaired) electrons. The van der Waals surface area contributed by atoms with Crippen molar-refractivity contribution in [3.05, 3.63) is 18.1 Å². The summed E-state index contributed by atoms with van der Waals surface area (Å²) >= 11 is 0. The Morgan fingerprint density at radius 1 is 1.08 bits per heavy atom. The molecule has 3 fully saturated rings. The lowest BCUT2D eigenvalue weighted by Gasteiger charge is -2.37. The first kappa shape index (κ1) is 17.2. The van der Waals surface area contributed by atoms with E-state index in [1.165, 1.54) is 25.7 Å². The fraction of sp³-hybridized carbons (Fsp3) is 0.789. The second-order valence-corrected chi connectivity index (χ2v) is 7.57. The van der Waals surface area contributed by atoms with Crippen LogP contribution in [0, 0.1) is 5.92 Å². The average Bonchev–Trinajstić information content (AvgIpc) is 3.16. The van der Waals surface area contributed by atoms with Gasteiger partial charge < -0.3 is 14.8 Å². The van der Waals surface area contributed by atoms with Gasteiger partial charge in [-0.15, -0.1) is 0 Å². The predicted molar refractivity (Wildman–Crippen MR) is 96.6 cm³/mol. The minimum Gasteiger partial charge on any atom is -0.381 e. The van der Waals surface area contributed by atoms with E-state index >= 15 is 0 Å². The van der Waals surface area contributed by atoms with Gasteiger partial charge in [0.25, 0.3) is 0 Å². The molecule has 2 saturated heterocycles. The van der Waals surface area contributed by atoms with Crippen LogP contribution in [0.25, 0.3) is 0 Å². The van der Waals surface area contributed by atoms with Crippen molar-refractivity contribution in [2.75, 3.05) is 44.8 Å². The molecule has 0 bridgehead atoms. The molecule has 1 aromatic rings. The van der Waals surface area contributed by atoms with Crippen molar-refractivity contribution in [3.8, 4) is 0 Å². The van der Waals surface area contributed by atoms with E-state index in [2.05, 4.69) is 15.2 Å². The van der Waals surface area contributed by atoms with Gasteiger partial charge in [0.05, 0.1) is 19.3 Å². The number of rotatable bonds is 5. The van der Waals surface area contributed by atoms with Crippen molar-refractivity contribution < 1.29 is 9.47 Å². The SMILES string of the molecule is c1cc(NC2CCCC2)nc([C@H]2COCCN2CC2CCOCC2)n1. The molecule has 2 aliphatic heterocycles. The normalized spacial score (nSPS) is 26.8. The molecule has 1 saturated carbocycles. The van der Waals surface area contributed by atoms with Gasteiger partial charge in [0.2, 0.25) is 0 Å². The highest BCUT2D eigenvalue weighted by molar-refractivity contribution is 5.35. The van der Waals surface area contributed by atoms with Gasteiger partial charge in [-0.05, 0) is 37.7 Å². The van der Waals surface area contributed by atoms with Gasteiger partial charge in [0.1, 0.15) is 11.6 Å². The predicted octanol–water partition coefficient (Wildman–Crippen LogP) is 2.63. The van der Waals surface area contributed by atoms with Crippen LogP contribution < -0.4 is 5.32 Å². The third kappa shape index (κ3) is 4.49. The van der Waals surface area contributed by atoms with Gasteiger partial charge in [-0.2, -0.15) is 0 Å². The van der Waals surface area contributed by atoms with Crippen LogP contribution in [0.5, 0.6) is 0 Å². The fourth-order valence-corrected chi connectivity index (χ4v) is 4.25. The van der Waals surface area contributed by atoms with Crippen LogP contribution in [0.4, 0.5) is 5.82 Å². The lowest BCUT2D eigenvalue weighted by molar-refractivity contribution is -0.0295. The first-order chi connectivity index (χ1) is 12.4. The molecule has 0 unspecified atom stereocenters. The van der Waals surface area contributed by atoms with Crippen molar-refractivity contribution in [2.24, 2.45) is 5.92 Å². The molecular weight excluding hydrogens is 316 g/mol. The number of morpholine rings is 1. The van der Waals surface area contributed by atoms with Crippen LogP contribution in [-0.2, 0) is 9.47 Å². The quantitative estimate of drug-likeness (QED) is 0.884. The van der Waals surface area contributed by atoms with E-state index in [1.807, 2.05) is 12.3 Å². The maximum atomic E-state index is 5.76. The molecule has 6 nitrogen and oxygen atoms in total. The number of hydrogen-bond acceptors (Lipinski definition) is 6. The summed E-state index contributed by atoms with van der Waals surface area (Å²) in [5.41, 5.74) is 0. The molecular formula is C19H30N4O2. The van der Waals surface area contributed by atoms with E-state index in [0.717, 1.165) is 57.4 Å². The number of anilines is 1. The Bertz CT molecular complexity index is 544. The van der Waals surface area contributed by atoms with Gasteiger partial charge in [-0.3, -0.25) is 4.90 Å². The summed E-state index contributed by atoms with van der Waals surface area (Å²) in [6.45, 7) is 5.36. The van der Waals surface area contributed by atoms with Gasteiger partial charge >= 0.3 is 0 Å². The summed E-state index contributed by atoms with van der Waals surface area (Å²) in [6, 6.07) is 2.74. The summed E-state index contributed by atoms with van der Waals surface area (Å²) < 4.78 is 11.3.